The Morgan fingerprint density at radius 1 is 1.11 bits per heavy atom. The van der Waals surface area contributed by atoms with Crippen LogP contribution in [0.15, 0.2) is 48.5 Å². The van der Waals surface area contributed by atoms with E-state index in [0.29, 0.717) is 25.2 Å². The summed E-state index contributed by atoms with van der Waals surface area (Å²) in [5.41, 5.74) is 5.46. The van der Waals surface area contributed by atoms with Gasteiger partial charge in [0.2, 0.25) is 10.0 Å². The average Bonchev–Trinajstić information content (AvgIpc) is 3.37. The van der Waals surface area contributed by atoms with Gasteiger partial charge in [0.1, 0.15) is 0 Å². The Morgan fingerprint density at radius 3 is 2.57 bits per heavy atom. The van der Waals surface area contributed by atoms with E-state index >= 15 is 0 Å². The molecule has 2 aromatic carbocycles. The first-order valence-electron chi connectivity index (χ1n) is 11.2. The van der Waals surface area contributed by atoms with E-state index in [1.54, 1.807) is 12.1 Å². The maximum Gasteiger partial charge on any atom is 0.338 e. The second-order valence-corrected chi connectivity index (χ2v) is 10.5. The molecule has 1 aliphatic rings. The molecule has 4 rings (SSSR count). The SMILES string of the molecule is Cc1nn(Cc2ccccc2)c(C)c1CNC(=O)COC(=O)c1ccc2c(c1)CCN2S(C)(=O)=O. The zero-order valence-corrected chi connectivity index (χ0v) is 20.8. The summed E-state index contributed by atoms with van der Waals surface area (Å²) in [5.74, 6) is -1.05. The number of ether oxygens (including phenoxy) is 1. The Balaban J connectivity index is 1.31. The van der Waals surface area contributed by atoms with E-state index in [-0.39, 0.29) is 12.1 Å². The Kier molecular flexibility index (Phi) is 6.93. The Hall–Kier alpha value is -3.66. The van der Waals surface area contributed by atoms with E-state index in [2.05, 4.69) is 10.4 Å². The molecular formula is C25H28N4O5S. The first-order valence-corrected chi connectivity index (χ1v) is 13.1. The normalized spacial score (nSPS) is 12.9. The summed E-state index contributed by atoms with van der Waals surface area (Å²) in [6.45, 7) is 4.71. The number of aryl methyl sites for hydroxylation is 1. The summed E-state index contributed by atoms with van der Waals surface area (Å²) < 4.78 is 32.1. The van der Waals surface area contributed by atoms with Crippen molar-refractivity contribution in [3.63, 3.8) is 0 Å². The third-order valence-corrected chi connectivity index (χ3v) is 7.25. The number of rotatable bonds is 8. The van der Waals surface area contributed by atoms with Crippen LogP contribution in [0, 0.1) is 13.8 Å². The van der Waals surface area contributed by atoms with Gasteiger partial charge in [0.05, 0.1) is 29.7 Å². The van der Waals surface area contributed by atoms with E-state index in [9.17, 15) is 18.0 Å². The molecule has 2 heterocycles. The van der Waals surface area contributed by atoms with Crippen LogP contribution in [0.3, 0.4) is 0 Å². The predicted octanol–water partition coefficient (Wildman–Crippen LogP) is 2.34. The van der Waals surface area contributed by atoms with Gasteiger partial charge in [0, 0.05) is 24.3 Å². The molecule has 0 atom stereocenters. The molecule has 0 saturated carbocycles. The average molecular weight is 497 g/mol. The number of anilines is 1. The third kappa shape index (κ3) is 5.54. The Labute approximate surface area is 204 Å². The topological polar surface area (TPSA) is 111 Å². The molecule has 1 aromatic heterocycles. The van der Waals surface area contributed by atoms with Crippen molar-refractivity contribution in [2.75, 3.05) is 23.7 Å². The lowest BCUT2D eigenvalue weighted by Gasteiger charge is -2.16. The van der Waals surface area contributed by atoms with E-state index in [1.807, 2.05) is 48.9 Å². The van der Waals surface area contributed by atoms with Gasteiger partial charge in [-0.2, -0.15) is 5.10 Å². The molecule has 0 radical (unpaired) electrons. The van der Waals surface area contributed by atoms with Crippen molar-refractivity contribution >= 4 is 27.6 Å². The van der Waals surface area contributed by atoms with Gasteiger partial charge >= 0.3 is 5.97 Å². The van der Waals surface area contributed by atoms with Crippen molar-refractivity contribution in [3.05, 3.63) is 82.2 Å². The predicted molar refractivity (Wildman–Crippen MR) is 132 cm³/mol. The number of hydrogen-bond donors (Lipinski definition) is 1. The van der Waals surface area contributed by atoms with Crippen LogP contribution in [-0.4, -0.2) is 49.5 Å². The number of aromatic nitrogens is 2. The number of sulfonamides is 1. The van der Waals surface area contributed by atoms with Crippen LogP contribution in [0.25, 0.3) is 0 Å². The van der Waals surface area contributed by atoms with E-state index in [1.165, 1.54) is 10.4 Å². The maximum atomic E-state index is 12.4. The van der Waals surface area contributed by atoms with E-state index < -0.39 is 28.5 Å². The lowest BCUT2D eigenvalue weighted by molar-refractivity contribution is -0.124. The zero-order chi connectivity index (χ0) is 25.2. The first-order chi connectivity index (χ1) is 16.6. The van der Waals surface area contributed by atoms with Crippen LogP contribution in [0.1, 0.15) is 38.4 Å². The largest absolute Gasteiger partial charge is 0.452 e. The fourth-order valence-corrected chi connectivity index (χ4v) is 5.15. The molecule has 1 amide bonds. The van der Waals surface area contributed by atoms with Crippen molar-refractivity contribution in [2.45, 2.75) is 33.4 Å². The smallest absolute Gasteiger partial charge is 0.338 e. The van der Waals surface area contributed by atoms with Crippen LogP contribution in [0.4, 0.5) is 5.69 Å². The van der Waals surface area contributed by atoms with Crippen LogP contribution in [0.5, 0.6) is 0 Å². The van der Waals surface area contributed by atoms with Crippen LogP contribution in [0.2, 0.25) is 0 Å². The number of benzene rings is 2. The number of carbonyl (C=O) groups is 2. The van der Waals surface area contributed by atoms with Crippen LogP contribution in [-0.2, 0) is 39.1 Å². The Morgan fingerprint density at radius 2 is 1.86 bits per heavy atom. The minimum Gasteiger partial charge on any atom is -0.452 e. The van der Waals surface area contributed by atoms with Crippen molar-refractivity contribution in [2.24, 2.45) is 0 Å². The molecule has 0 spiro atoms. The highest BCUT2D eigenvalue weighted by atomic mass is 32.2. The lowest BCUT2D eigenvalue weighted by Crippen LogP contribution is -2.29. The Bertz CT molecular complexity index is 1370. The quantitative estimate of drug-likeness (QED) is 0.480. The third-order valence-electron chi connectivity index (χ3n) is 6.07. The number of nitrogens with one attached hydrogen (secondary N) is 1. The van der Waals surface area contributed by atoms with Gasteiger partial charge in [-0.15, -0.1) is 0 Å². The summed E-state index contributed by atoms with van der Waals surface area (Å²) in [6, 6.07) is 14.7. The minimum absolute atomic E-state index is 0.278. The van der Waals surface area contributed by atoms with Crippen molar-refractivity contribution in [1.82, 2.24) is 15.1 Å². The number of esters is 1. The molecule has 1 aliphatic heterocycles. The fourth-order valence-electron chi connectivity index (χ4n) is 4.20. The van der Waals surface area contributed by atoms with Gasteiger partial charge in [-0.1, -0.05) is 30.3 Å². The molecule has 3 aromatic rings. The number of amides is 1. The number of carbonyl (C=O) groups excluding carboxylic acids is 2. The van der Waals surface area contributed by atoms with Crippen molar-refractivity contribution < 1.29 is 22.7 Å². The molecule has 35 heavy (non-hydrogen) atoms. The maximum absolute atomic E-state index is 12.4. The summed E-state index contributed by atoms with van der Waals surface area (Å²) in [7, 11) is -3.36. The number of hydrogen-bond acceptors (Lipinski definition) is 6. The molecule has 0 fully saturated rings. The number of fused-ring (bicyclic) bond motifs is 1. The molecular weight excluding hydrogens is 468 g/mol. The second kappa shape index (κ2) is 9.91. The van der Waals surface area contributed by atoms with Crippen molar-refractivity contribution in [3.8, 4) is 0 Å². The molecule has 0 bridgehead atoms. The standard InChI is InChI=1S/C25H28N4O5S/c1-17-22(18(2)28(27-17)15-19-7-5-4-6-8-19)14-26-24(30)16-34-25(31)21-9-10-23-20(13-21)11-12-29(23)35(3,32)33/h4-10,13H,11-12,14-16H2,1-3H3,(H,26,30). The van der Waals surface area contributed by atoms with Gasteiger partial charge in [-0.05, 0) is 49.6 Å². The lowest BCUT2D eigenvalue weighted by atomic mass is 10.1. The van der Waals surface area contributed by atoms with Gasteiger partial charge in [0.25, 0.3) is 5.91 Å². The summed E-state index contributed by atoms with van der Waals surface area (Å²) in [6.07, 6.45) is 1.67. The zero-order valence-electron chi connectivity index (χ0n) is 19.9. The fraction of sp³-hybridized carbons (Fsp3) is 0.320. The molecule has 0 unspecified atom stereocenters. The summed E-state index contributed by atoms with van der Waals surface area (Å²) >= 11 is 0. The molecule has 1 N–H and O–H groups in total. The van der Waals surface area contributed by atoms with Crippen LogP contribution >= 0.6 is 0 Å². The highest BCUT2D eigenvalue weighted by Gasteiger charge is 2.27. The molecule has 10 heteroatoms. The minimum atomic E-state index is -3.36. The van der Waals surface area contributed by atoms with Gasteiger partial charge in [-0.25, -0.2) is 13.2 Å². The second-order valence-electron chi connectivity index (χ2n) is 8.57. The van der Waals surface area contributed by atoms with E-state index in [0.717, 1.165) is 34.3 Å². The molecule has 0 saturated heterocycles. The van der Waals surface area contributed by atoms with Crippen molar-refractivity contribution in [1.29, 1.82) is 0 Å². The van der Waals surface area contributed by atoms with Gasteiger partial charge in [-0.3, -0.25) is 13.8 Å². The molecule has 0 aliphatic carbocycles. The van der Waals surface area contributed by atoms with E-state index in [4.69, 9.17) is 4.74 Å². The molecule has 9 nitrogen and oxygen atoms in total. The van der Waals surface area contributed by atoms with Gasteiger partial charge in [0.15, 0.2) is 6.61 Å². The van der Waals surface area contributed by atoms with Crippen LogP contribution < -0.4 is 9.62 Å². The monoisotopic (exact) mass is 496 g/mol. The highest BCUT2D eigenvalue weighted by molar-refractivity contribution is 7.92. The first kappa shape index (κ1) is 24.5. The number of nitrogens with zero attached hydrogens (tertiary/aromatic N) is 3. The highest BCUT2D eigenvalue weighted by Crippen LogP contribution is 2.30. The summed E-state index contributed by atoms with van der Waals surface area (Å²) in [5, 5.41) is 7.37. The summed E-state index contributed by atoms with van der Waals surface area (Å²) in [4.78, 5) is 24.8. The molecule has 184 valence electrons. The van der Waals surface area contributed by atoms with Gasteiger partial charge < -0.3 is 10.1 Å².